The Hall–Kier alpha value is -1.98. The Labute approximate surface area is 93.3 Å². The first-order chi connectivity index (χ1) is 7.59. The molecule has 0 amide bonds. The lowest BCUT2D eigenvalue weighted by atomic mass is 10.0. The largest absolute Gasteiger partial charge is 0.383 e. The summed E-state index contributed by atoms with van der Waals surface area (Å²) < 4.78 is 0. The predicted octanol–water partition coefficient (Wildman–Crippen LogP) is 1.28. The SMILES string of the molecule is Cc1nc(-c2ncn[nH]2)nc(N)c1C(C)C. The highest BCUT2D eigenvalue weighted by Crippen LogP contribution is 2.24. The van der Waals surface area contributed by atoms with Gasteiger partial charge in [-0.1, -0.05) is 13.8 Å². The van der Waals surface area contributed by atoms with Gasteiger partial charge in [0.25, 0.3) is 0 Å². The number of nitrogens with one attached hydrogen (secondary N) is 1. The average molecular weight is 218 g/mol. The molecule has 0 saturated carbocycles. The molecule has 0 fully saturated rings. The monoisotopic (exact) mass is 218 g/mol. The van der Waals surface area contributed by atoms with Crippen LogP contribution < -0.4 is 5.73 Å². The van der Waals surface area contributed by atoms with Crippen molar-refractivity contribution in [2.24, 2.45) is 0 Å². The first-order valence-corrected chi connectivity index (χ1v) is 5.09. The molecule has 0 atom stereocenters. The van der Waals surface area contributed by atoms with Crippen LogP contribution in [-0.2, 0) is 0 Å². The number of nitrogen functional groups attached to an aromatic ring is 1. The molecular formula is C10H14N6. The van der Waals surface area contributed by atoms with Crippen LogP contribution in [0, 0.1) is 6.92 Å². The zero-order valence-corrected chi connectivity index (χ0v) is 9.52. The second-order valence-electron chi connectivity index (χ2n) is 3.92. The fourth-order valence-electron chi connectivity index (χ4n) is 1.74. The van der Waals surface area contributed by atoms with Crippen LogP contribution in [0.3, 0.4) is 0 Å². The van der Waals surface area contributed by atoms with E-state index in [4.69, 9.17) is 5.73 Å². The van der Waals surface area contributed by atoms with E-state index in [0.29, 0.717) is 23.4 Å². The molecule has 0 radical (unpaired) electrons. The number of aryl methyl sites for hydroxylation is 1. The van der Waals surface area contributed by atoms with Crippen LogP contribution in [0.2, 0.25) is 0 Å². The molecule has 0 saturated heterocycles. The van der Waals surface area contributed by atoms with Crippen LogP contribution in [0.4, 0.5) is 5.82 Å². The van der Waals surface area contributed by atoms with Gasteiger partial charge in [-0.05, 0) is 12.8 Å². The average Bonchev–Trinajstić information content (AvgIpc) is 2.67. The van der Waals surface area contributed by atoms with E-state index < -0.39 is 0 Å². The highest BCUT2D eigenvalue weighted by molar-refractivity contribution is 5.52. The van der Waals surface area contributed by atoms with Crippen LogP contribution in [0.5, 0.6) is 0 Å². The van der Waals surface area contributed by atoms with Crippen molar-refractivity contribution in [1.82, 2.24) is 25.1 Å². The van der Waals surface area contributed by atoms with Gasteiger partial charge in [0.15, 0.2) is 11.6 Å². The van der Waals surface area contributed by atoms with E-state index in [1.54, 1.807) is 0 Å². The van der Waals surface area contributed by atoms with E-state index in [9.17, 15) is 0 Å². The molecule has 6 nitrogen and oxygen atoms in total. The lowest BCUT2D eigenvalue weighted by Gasteiger charge is -2.12. The van der Waals surface area contributed by atoms with Crippen molar-refractivity contribution in [3.63, 3.8) is 0 Å². The Morgan fingerprint density at radius 3 is 2.56 bits per heavy atom. The van der Waals surface area contributed by atoms with Gasteiger partial charge in [0, 0.05) is 11.3 Å². The van der Waals surface area contributed by atoms with Crippen LogP contribution >= 0.6 is 0 Å². The highest BCUT2D eigenvalue weighted by atomic mass is 15.2. The summed E-state index contributed by atoms with van der Waals surface area (Å²) in [7, 11) is 0. The molecule has 0 unspecified atom stereocenters. The first-order valence-electron chi connectivity index (χ1n) is 5.09. The quantitative estimate of drug-likeness (QED) is 0.791. The molecule has 0 aliphatic carbocycles. The second-order valence-corrected chi connectivity index (χ2v) is 3.92. The van der Waals surface area contributed by atoms with Crippen LogP contribution in [0.15, 0.2) is 6.33 Å². The Morgan fingerprint density at radius 1 is 1.31 bits per heavy atom. The van der Waals surface area contributed by atoms with Gasteiger partial charge in [0.05, 0.1) is 0 Å². The second kappa shape index (κ2) is 3.88. The van der Waals surface area contributed by atoms with Crippen LogP contribution in [0.1, 0.15) is 31.0 Å². The minimum absolute atomic E-state index is 0.309. The van der Waals surface area contributed by atoms with E-state index in [1.807, 2.05) is 6.92 Å². The number of nitrogens with zero attached hydrogens (tertiary/aromatic N) is 4. The molecule has 0 aliphatic rings. The van der Waals surface area contributed by atoms with Crippen LogP contribution in [0.25, 0.3) is 11.6 Å². The number of hydrogen-bond acceptors (Lipinski definition) is 5. The van der Waals surface area contributed by atoms with Crippen molar-refractivity contribution >= 4 is 5.82 Å². The van der Waals surface area contributed by atoms with Crippen molar-refractivity contribution in [2.45, 2.75) is 26.7 Å². The molecule has 84 valence electrons. The maximum Gasteiger partial charge on any atom is 0.199 e. The van der Waals surface area contributed by atoms with Crippen LogP contribution in [-0.4, -0.2) is 25.1 Å². The van der Waals surface area contributed by atoms with Gasteiger partial charge in [0.2, 0.25) is 0 Å². The molecule has 0 aliphatic heterocycles. The van der Waals surface area contributed by atoms with Gasteiger partial charge in [-0.3, -0.25) is 5.10 Å². The standard InChI is InChI=1S/C10H14N6/c1-5(2)7-6(3)14-10(15-8(7)11)9-12-4-13-16-9/h4-5H,1-3H3,(H2,11,14,15)(H,12,13,16). The number of nitrogens with two attached hydrogens (primary N) is 1. The minimum atomic E-state index is 0.309. The topological polar surface area (TPSA) is 93.4 Å². The number of aromatic amines is 1. The fraction of sp³-hybridized carbons (Fsp3) is 0.400. The van der Waals surface area contributed by atoms with Gasteiger partial charge < -0.3 is 5.73 Å². The third kappa shape index (κ3) is 1.73. The van der Waals surface area contributed by atoms with Gasteiger partial charge in [-0.25, -0.2) is 15.0 Å². The molecule has 6 heteroatoms. The van der Waals surface area contributed by atoms with Gasteiger partial charge >= 0.3 is 0 Å². The summed E-state index contributed by atoms with van der Waals surface area (Å²) in [5.74, 6) is 1.83. The van der Waals surface area contributed by atoms with Gasteiger partial charge in [-0.2, -0.15) is 5.10 Å². The van der Waals surface area contributed by atoms with E-state index in [0.717, 1.165) is 11.3 Å². The molecule has 0 bridgehead atoms. The van der Waals surface area contributed by atoms with Crippen molar-refractivity contribution < 1.29 is 0 Å². The number of H-pyrrole nitrogens is 1. The van der Waals surface area contributed by atoms with E-state index in [-0.39, 0.29) is 0 Å². The van der Waals surface area contributed by atoms with E-state index in [2.05, 4.69) is 39.0 Å². The van der Waals surface area contributed by atoms with Crippen molar-refractivity contribution in [3.8, 4) is 11.6 Å². The normalized spacial score (nSPS) is 11.0. The first kappa shape index (κ1) is 10.5. The molecule has 2 aromatic heterocycles. The summed E-state index contributed by atoms with van der Waals surface area (Å²) in [4.78, 5) is 12.6. The maximum atomic E-state index is 5.92. The fourth-order valence-corrected chi connectivity index (χ4v) is 1.74. The maximum absolute atomic E-state index is 5.92. The number of rotatable bonds is 2. The highest BCUT2D eigenvalue weighted by Gasteiger charge is 2.14. The summed E-state index contributed by atoms with van der Waals surface area (Å²) in [6.07, 6.45) is 1.42. The summed E-state index contributed by atoms with van der Waals surface area (Å²) >= 11 is 0. The molecule has 16 heavy (non-hydrogen) atoms. The number of aromatic nitrogens is 5. The Bertz CT molecular complexity index is 465. The summed E-state index contributed by atoms with van der Waals surface area (Å²) in [6.45, 7) is 6.06. The number of hydrogen-bond donors (Lipinski definition) is 2. The Balaban J connectivity index is 2.53. The third-order valence-electron chi connectivity index (χ3n) is 2.37. The minimum Gasteiger partial charge on any atom is -0.383 e. The lowest BCUT2D eigenvalue weighted by molar-refractivity contribution is 0.834. The number of anilines is 1. The van der Waals surface area contributed by atoms with Gasteiger partial charge in [0.1, 0.15) is 12.1 Å². The molecule has 0 spiro atoms. The Morgan fingerprint density at radius 2 is 2.06 bits per heavy atom. The molecule has 0 aromatic carbocycles. The zero-order chi connectivity index (χ0) is 11.7. The van der Waals surface area contributed by atoms with Crippen molar-refractivity contribution in [1.29, 1.82) is 0 Å². The molecule has 3 N–H and O–H groups in total. The summed E-state index contributed by atoms with van der Waals surface area (Å²) in [6, 6.07) is 0. The molecule has 2 aromatic rings. The zero-order valence-electron chi connectivity index (χ0n) is 9.52. The van der Waals surface area contributed by atoms with E-state index in [1.165, 1.54) is 6.33 Å². The smallest absolute Gasteiger partial charge is 0.199 e. The molecular weight excluding hydrogens is 204 g/mol. The molecule has 2 rings (SSSR count). The molecule has 2 heterocycles. The summed E-state index contributed by atoms with van der Waals surface area (Å²) in [5.41, 5.74) is 7.79. The van der Waals surface area contributed by atoms with Crippen molar-refractivity contribution in [3.05, 3.63) is 17.6 Å². The lowest BCUT2D eigenvalue weighted by Crippen LogP contribution is -2.07. The Kier molecular flexibility index (Phi) is 2.55. The summed E-state index contributed by atoms with van der Waals surface area (Å²) in [5, 5.41) is 6.47. The third-order valence-corrected chi connectivity index (χ3v) is 2.37. The predicted molar refractivity (Wildman–Crippen MR) is 60.6 cm³/mol. The van der Waals surface area contributed by atoms with E-state index >= 15 is 0 Å². The van der Waals surface area contributed by atoms with Crippen molar-refractivity contribution in [2.75, 3.05) is 5.73 Å². The van der Waals surface area contributed by atoms with Gasteiger partial charge in [-0.15, -0.1) is 0 Å².